The van der Waals surface area contributed by atoms with E-state index in [4.69, 9.17) is 10.3 Å². The van der Waals surface area contributed by atoms with Gasteiger partial charge in [-0.3, -0.25) is 14.6 Å². The molecule has 2 aromatic rings. The molecule has 1 heterocycles. The highest BCUT2D eigenvalue weighted by atomic mass is 16.4. The summed E-state index contributed by atoms with van der Waals surface area (Å²) in [7, 11) is 0. The van der Waals surface area contributed by atoms with E-state index in [1.165, 1.54) is 6.20 Å². The predicted octanol–water partition coefficient (Wildman–Crippen LogP) is 2.38. The number of rotatable bonds is 6. The largest absolute Gasteiger partial charge is 0.481 e. The van der Waals surface area contributed by atoms with Crippen molar-refractivity contribution >= 4 is 23.3 Å². The highest BCUT2D eigenvalue weighted by Gasteiger charge is 2.09. The van der Waals surface area contributed by atoms with Gasteiger partial charge in [-0.15, -0.1) is 0 Å². The van der Waals surface area contributed by atoms with Crippen molar-refractivity contribution in [1.82, 2.24) is 4.98 Å². The summed E-state index contributed by atoms with van der Waals surface area (Å²) >= 11 is 0. The fourth-order valence-electron chi connectivity index (χ4n) is 1.92. The molecule has 0 radical (unpaired) electrons. The summed E-state index contributed by atoms with van der Waals surface area (Å²) < 4.78 is 0. The third-order valence-corrected chi connectivity index (χ3v) is 3.10. The number of oxime groups is 1. The first-order valence-corrected chi connectivity index (χ1v) is 6.84. The number of amides is 1. The van der Waals surface area contributed by atoms with E-state index in [9.17, 15) is 9.59 Å². The lowest BCUT2D eigenvalue weighted by molar-refractivity contribution is -0.136. The number of hydrogen-bond donors (Lipinski definition) is 3. The monoisotopic (exact) mass is 313 g/mol. The SMILES string of the molecule is O=C(O)CCC(=NO)c1ccc(NC(=O)c2cccnc2)cc1. The standard InChI is InChI=1S/C16H15N3O4/c20-15(21)8-7-14(19-23)11-3-5-13(6-4-11)18-16(22)12-2-1-9-17-10-12/h1-6,9-10,23H,7-8H2,(H,18,22)(H,20,21). The maximum Gasteiger partial charge on any atom is 0.303 e. The van der Waals surface area contributed by atoms with Gasteiger partial charge >= 0.3 is 5.97 Å². The van der Waals surface area contributed by atoms with Gasteiger partial charge in [0.15, 0.2) is 0 Å². The lowest BCUT2D eigenvalue weighted by Gasteiger charge is -2.07. The van der Waals surface area contributed by atoms with Gasteiger partial charge in [0, 0.05) is 24.5 Å². The second kappa shape index (κ2) is 7.69. The fourth-order valence-corrected chi connectivity index (χ4v) is 1.92. The molecule has 0 bridgehead atoms. The molecule has 1 aromatic heterocycles. The van der Waals surface area contributed by atoms with Crippen LogP contribution in [0.3, 0.4) is 0 Å². The molecule has 118 valence electrons. The van der Waals surface area contributed by atoms with Crippen molar-refractivity contribution in [2.75, 3.05) is 5.32 Å². The number of benzene rings is 1. The van der Waals surface area contributed by atoms with Crippen LogP contribution in [0.15, 0.2) is 53.9 Å². The topological polar surface area (TPSA) is 112 Å². The molecular weight excluding hydrogens is 298 g/mol. The molecule has 0 unspecified atom stereocenters. The molecule has 2 rings (SSSR count). The Morgan fingerprint density at radius 2 is 1.83 bits per heavy atom. The van der Waals surface area contributed by atoms with Gasteiger partial charge in [0.2, 0.25) is 0 Å². The summed E-state index contributed by atoms with van der Waals surface area (Å²) in [5, 5.41) is 23.5. The molecule has 23 heavy (non-hydrogen) atoms. The summed E-state index contributed by atoms with van der Waals surface area (Å²) in [5.41, 5.74) is 1.87. The zero-order valence-electron chi connectivity index (χ0n) is 12.1. The van der Waals surface area contributed by atoms with E-state index >= 15 is 0 Å². The number of nitrogens with zero attached hydrogens (tertiary/aromatic N) is 2. The Morgan fingerprint density at radius 3 is 2.39 bits per heavy atom. The van der Waals surface area contributed by atoms with Gasteiger partial charge in [0.25, 0.3) is 5.91 Å². The van der Waals surface area contributed by atoms with Crippen LogP contribution in [0.5, 0.6) is 0 Å². The number of carboxylic acid groups (broad SMARTS) is 1. The van der Waals surface area contributed by atoms with E-state index in [2.05, 4.69) is 15.5 Å². The first-order chi connectivity index (χ1) is 11.1. The van der Waals surface area contributed by atoms with Gasteiger partial charge < -0.3 is 15.6 Å². The van der Waals surface area contributed by atoms with Crippen molar-refractivity contribution in [2.24, 2.45) is 5.16 Å². The van der Waals surface area contributed by atoms with Gasteiger partial charge in [-0.25, -0.2) is 0 Å². The molecule has 0 atom stereocenters. The molecule has 0 spiro atoms. The van der Waals surface area contributed by atoms with Crippen molar-refractivity contribution in [1.29, 1.82) is 0 Å². The highest BCUT2D eigenvalue weighted by molar-refractivity contribution is 6.05. The van der Waals surface area contributed by atoms with E-state index in [1.807, 2.05) is 0 Å². The number of carboxylic acids is 1. The van der Waals surface area contributed by atoms with Crippen LogP contribution in [0.2, 0.25) is 0 Å². The molecule has 1 amide bonds. The molecule has 7 heteroatoms. The molecule has 0 fully saturated rings. The number of aromatic nitrogens is 1. The van der Waals surface area contributed by atoms with Crippen LogP contribution in [0.4, 0.5) is 5.69 Å². The average Bonchev–Trinajstić information content (AvgIpc) is 2.57. The van der Waals surface area contributed by atoms with Crippen LogP contribution in [0.1, 0.15) is 28.8 Å². The van der Waals surface area contributed by atoms with Crippen LogP contribution in [-0.2, 0) is 4.79 Å². The summed E-state index contributed by atoms with van der Waals surface area (Å²) in [4.78, 5) is 26.4. The molecule has 0 saturated heterocycles. The Hall–Kier alpha value is -3.22. The molecule has 0 aliphatic heterocycles. The number of carbonyl (C=O) groups excluding carboxylic acids is 1. The highest BCUT2D eigenvalue weighted by Crippen LogP contribution is 2.14. The van der Waals surface area contributed by atoms with E-state index in [0.717, 1.165) is 0 Å². The van der Waals surface area contributed by atoms with Crippen molar-refractivity contribution < 1.29 is 19.9 Å². The third kappa shape index (κ3) is 4.63. The van der Waals surface area contributed by atoms with Crippen LogP contribution in [0.25, 0.3) is 0 Å². The summed E-state index contributed by atoms with van der Waals surface area (Å²) in [6, 6.07) is 9.92. The molecule has 7 nitrogen and oxygen atoms in total. The van der Waals surface area contributed by atoms with Crippen LogP contribution >= 0.6 is 0 Å². The number of nitrogens with one attached hydrogen (secondary N) is 1. The molecule has 3 N–H and O–H groups in total. The maximum absolute atomic E-state index is 12.0. The van der Waals surface area contributed by atoms with Gasteiger partial charge in [-0.05, 0) is 29.8 Å². The number of anilines is 1. The number of hydrogen-bond acceptors (Lipinski definition) is 5. The first-order valence-electron chi connectivity index (χ1n) is 6.84. The Labute approximate surface area is 132 Å². The second-order valence-corrected chi connectivity index (χ2v) is 4.71. The quantitative estimate of drug-likeness (QED) is 0.430. The second-order valence-electron chi connectivity index (χ2n) is 4.71. The summed E-state index contributed by atoms with van der Waals surface area (Å²) in [6.07, 6.45) is 3.04. The minimum atomic E-state index is -0.966. The Morgan fingerprint density at radius 1 is 1.09 bits per heavy atom. The molecular formula is C16H15N3O4. The Balaban J connectivity index is 2.04. The Kier molecular flexibility index (Phi) is 5.40. The van der Waals surface area contributed by atoms with Crippen LogP contribution < -0.4 is 5.32 Å². The summed E-state index contributed by atoms with van der Waals surface area (Å²) in [6.45, 7) is 0. The number of carbonyl (C=O) groups is 2. The number of aliphatic carboxylic acids is 1. The molecule has 0 saturated carbocycles. The summed E-state index contributed by atoms with van der Waals surface area (Å²) in [5.74, 6) is -1.25. The first kappa shape index (κ1) is 16.2. The zero-order valence-corrected chi connectivity index (χ0v) is 12.1. The zero-order chi connectivity index (χ0) is 16.7. The van der Waals surface area contributed by atoms with Crippen LogP contribution in [-0.4, -0.2) is 32.9 Å². The van der Waals surface area contributed by atoms with E-state index in [-0.39, 0.29) is 24.5 Å². The van der Waals surface area contributed by atoms with E-state index in [0.29, 0.717) is 16.8 Å². The third-order valence-electron chi connectivity index (χ3n) is 3.10. The molecule has 1 aromatic carbocycles. The minimum Gasteiger partial charge on any atom is -0.481 e. The van der Waals surface area contributed by atoms with E-state index < -0.39 is 5.97 Å². The van der Waals surface area contributed by atoms with Crippen molar-refractivity contribution in [2.45, 2.75) is 12.8 Å². The van der Waals surface area contributed by atoms with Crippen molar-refractivity contribution in [3.05, 3.63) is 59.9 Å². The average molecular weight is 313 g/mol. The van der Waals surface area contributed by atoms with Gasteiger partial charge in [-0.2, -0.15) is 0 Å². The fraction of sp³-hybridized carbons (Fsp3) is 0.125. The lowest BCUT2D eigenvalue weighted by atomic mass is 10.1. The van der Waals surface area contributed by atoms with E-state index in [1.54, 1.807) is 42.6 Å². The minimum absolute atomic E-state index is 0.118. The lowest BCUT2D eigenvalue weighted by Crippen LogP contribution is -2.12. The smallest absolute Gasteiger partial charge is 0.303 e. The Bertz CT molecular complexity index is 712. The normalized spacial score (nSPS) is 11.0. The van der Waals surface area contributed by atoms with Gasteiger partial charge in [0.1, 0.15) is 0 Å². The molecule has 0 aliphatic rings. The molecule has 0 aliphatic carbocycles. The van der Waals surface area contributed by atoms with Crippen LogP contribution in [0, 0.1) is 0 Å². The van der Waals surface area contributed by atoms with Crippen molar-refractivity contribution in [3.63, 3.8) is 0 Å². The van der Waals surface area contributed by atoms with Gasteiger partial charge in [-0.1, -0.05) is 17.3 Å². The maximum atomic E-state index is 12.0. The number of pyridine rings is 1. The predicted molar refractivity (Wildman–Crippen MR) is 83.8 cm³/mol. The van der Waals surface area contributed by atoms with Crippen molar-refractivity contribution in [3.8, 4) is 0 Å². The van der Waals surface area contributed by atoms with Gasteiger partial charge in [0.05, 0.1) is 17.7 Å².